The van der Waals surface area contributed by atoms with Crippen LogP contribution in [-0.2, 0) is 11.2 Å². The normalized spacial score (nSPS) is 19.5. The molecule has 1 atom stereocenters. The van der Waals surface area contributed by atoms with Crippen LogP contribution in [0.3, 0.4) is 0 Å². The predicted octanol–water partition coefficient (Wildman–Crippen LogP) is 2.40. The first kappa shape index (κ1) is 15.0. The Morgan fingerprint density at radius 1 is 1.45 bits per heavy atom. The molecule has 0 aliphatic carbocycles. The van der Waals surface area contributed by atoms with Crippen molar-refractivity contribution in [2.75, 3.05) is 26.7 Å². The molecule has 0 N–H and O–H groups in total. The molecule has 0 radical (unpaired) electrons. The lowest BCUT2D eigenvalue weighted by atomic mass is 9.94. The molecule has 0 amide bonds. The van der Waals surface area contributed by atoms with Gasteiger partial charge in [-0.2, -0.15) is 0 Å². The lowest BCUT2D eigenvalue weighted by Crippen LogP contribution is -2.36. The molecule has 22 heavy (non-hydrogen) atoms. The summed E-state index contributed by atoms with van der Waals surface area (Å²) < 4.78 is 6.84. The van der Waals surface area contributed by atoms with Crippen molar-refractivity contribution in [1.29, 1.82) is 0 Å². The third kappa shape index (κ3) is 2.86. The molecular formula is C17H23N3O2. The standard InChI is InChI=1S/C17H23N3O2/c1-3-19-9-5-6-13(12-19)10-16-18-11-14-7-4-8-15(20(14)16)17(21)22-2/h4,7-8,11,13H,3,5-6,9-10,12H2,1-2H3. The van der Waals surface area contributed by atoms with E-state index < -0.39 is 0 Å². The maximum atomic E-state index is 12.0. The van der Waals surface area contributed by atoms with Crippen molar-refractivity contribution in [2.45, 2.75) is 26.2 Å². The number of carbonyl (C=O) groups excluding carboxylic acids is 1. The Kier molecular flexibility index (Phi) is 4.43. The van der Waals surface area contributed by atoms with Crippen LogP contribution in [0.2, 0.25) is 0 Å². The Labute approximate surface area is 130 Å². The number of imidazole rings is 1. The van der Waals surface area contributed by atoms with Crippen molar-refractivity contribution in [1.82, 2.24) is 14.3 Å². The number of pyridine rings is 1. The monoisotopic (exact) mass is 301 g/mol. The first-order valence-electron chi connectivity index (χ1n) is 7.99. The zero-order valence-corrected chi connectivity index (χ0v) is 13.3. The maximum Gasteiger partial charge on any atom is 0.355 e. The van der Waals surface area contributed by atoms with Gasteiger partial charge < -0.3 is 9.64 Å². The molecule has 0 spiro atoms. The number of fused-ring (bicyclic) bond motifs is 1. The largest absolute Gasteiger partial charge is 0.464 e. The lowest BCUT2D eigenvalue weighted by Gasteiger charge is -2.31. The summed E-state index contributed by atoms with van der Waals surface area (Å²) in [5.41, 5.74) is 1.50. The molecule has 1 saturated heterocycles. The van der Waals surface area contributed by atoms with Crippen molar-refractivity contribution < 1.29 is 9.53 Å². The second kappa shape index (κ2) is 6.48. The molecule has 1 unspecified atom stereocenters. The molecular weight excluding hydrogens is 278 g/mol. The molecule has 0 bridgehead atoms. The summed E-state index contributed by atoms with van der Waals surface area (Å²) in [4.78, 5) is 19.0. The molecule has 3 heterocycles. The van der Waals surface area contributed by atoms with Gasteiger partial charge in [-0.15, -0.1) is 0 Å². The minimum atomic E-state index is -0.316. The number of methoxy groups -OCH3 is 1. The summed E-state index contributed by atoms with van der Waals surface area (Å²) in [6.07, 6.45) is 5.21. The number of hydrogen-bond donors (Lipinski definition) is 0. The quantitative estimate of drug-likeness (QED) is 0.814. The number of esters is 1. The summed E-state index contributed by atoms with van der Waals surface area (Å²) in [7, 11) is 1.41. The smallest absolute Gasteiger partial charge is 0.355 e. The number of carbonyl (C=O) groups is 1. The molecule has 2 aromatic heterocycles. The average molecular weight is 301 g/mol. The Bertz CT molecular complexity index is 665. The molecule has 2 aromatic rings. The minimum Gasteiger partial charge on any atom is -0.464 e. The minimum absolute atomic E-state index is 0.316. The van der Waals surface area contributed by atoms with E-state index >= 15 is 0 Å². The van der Waals surface area contributed by atoms with E-state index in [1.165, 1.54) is 26.5 Å². The Balaban J connectivity index is 1.89. The van der Waals surface area contributed by atoms with E-state index in [-0.39, 0.29) is 5.97 Å². The lowest BCUT2D eigenvalue weighted by molar-refractivity contribution is 0.0591. The number of rotatable bonds is 4. The van der Waals surface area contributed by atoms with E-state index in [1.54, 1.807) is 6.07 Å². The highest BCUT2D eigenvalue weighted by Gasteiger charge is 2.22. The van der Waals surface area contributed by atoms with Crippen molar-refractivity contribution >= 4 is 11.5 Å². The van der Waals surface area contributed by atoms with E-state index in [4.69, 9.17) is 4.74 Å². The summed E-state index contributed by atoms with van der Waals surface area (Å²) >= 11 is 0. The van der Waals surface area contributed by atoms with Crippen molar-refractivity contribution in [3.8, 4) is 0 Å². The third-order valence-electron chi connectivity index (χ3n) is 4.54. The van der Waals surface area contributed by atoms with Gasteiger partial charge in [-0.05, 0) is 44.0 Å². The number of nitrogens with zero attached hydrogens (tertiary/aromatic N) is 3. The maximum absolute atomic E-state index is 12.0. The van der Waals surface area contributed by atoms with Gasteiger partial charge in [0.2, 0.25) is 0 Å². The van der Waals surface area contributed by atoms with Crippen LogP contribution < -0.4 is 0 Å². The van der Waals surface area contributed by atoms with Gasteiger partial charge in [0.25, 0.3) is 0 Å². The summed E-state index contributed by atoms with van der Waals surface area (Å²) in [6.45, 7) is 5.63. The molecule has 5 heteroatoms. The van der Waals surface area contributed by atoms with E-state index in [0.29, 0.717) is 11.6 Å². The zero-order valence-electron chi connectivity index (χ0n) is 13.3. The number of hydrogen-bond acceptors (Lipinski definition) is 4. The van der Waals surface area contributed by atoms with Crippen molar-refractivity contribution in [3.63, 3.8) is 0 Å². The van der Waals surface area contributed by atoms with Gasteiger partial charge in [-0.25, -0.2) is 9.78 Å². The van der Waals surface area contributed by atoms with Crippen LogP contribution in [0, 0.1) is 5.92 Å². The van der Waals surface area contributed by atoms with Gasteiger partial charge in [-0.1, -0.05) is 13.0 Å². The highest BCUT2D eigenvalue weighted by atomic mass is 16.5. The number of aromatic nitrogens is 2. The van der Waals surface area contributed by atoms with Crippen molar-refractivity contribution in [2.24, 2.45) is 5.92 Å². The van der Waals surface area contributed by atoms with Crippen LogP contribution in [0.15, 0.2) is 24.4 Å². The Hall–Kier alpha value is -1.88. The second-order valence-corrected chi connectivity index (χ2v) is 5.94. The van der Waals surface area contributed by atoms with Gasteiger partial charge in [0.15, 0.2) is 0 Å². The summed E-state index contributed by atoms with van der Waals surface area (Å²) in [6, 6.07) is 5.64. The fraction of sp³-hybridized carbons (Fsp3) is 0.529. The zero-order chi connectivity index (χ0) is 15.5. The molecule has 1 fully saturated rings. The molecule has 1 aliphatic heterocycles. The van der Waals surface area contributed by atoms with Crippen LogP contribution in [0.25, 0.3) is 5.52 Å². The van der Waals surface area contributed by atoms with Gasteiger partial charge in [-0.3, -0.25) is 4.40 Å². The Morgan fingerprint density at radius 2 is 2.32 bits per heavy atom. The van der Waals surface area contributed by atoms with Crippen LogP contribution >= 0.6 is 0 Å². The molecule has 3 rings (SSSR count). The van der Waals surface area contributed by atoms with Gasteiger partial charge in [0, 0.05) is 13.0 Å². The highest BCUT2D eigenvalue weighted by Crippen LogP contribution is 2.22. The molecule has 118 valence electrons. The van der Waals surface area contributed by atoms with Gasteiger partial charge in [0.1, 0.15) is 11.5 Å². The molecule has 0 saturated carbocycles. The van der Waals surface area contributed by atoms with Crippen LogP contribution in [-0.4, -0.2) is 47.0 Å². The number of likely N-dealkylation sites (tertiary alicyclic amines) is 1. The molecule has 5 nitrogen and oxygen atoms in total. The first-order chi connectivity index (χ1) is 10.7. The summed E-state index contributed by atoms with van der Waals surface area (Å²) in [5.74, 6) is 1.24. The SMILES string of the molecule is CCN1CCCC(Cc2ncc3cccc(C(=O)OC)n23)C1. The van der Waals surface area contributed by atoms with Crippen LogP contribution in [0.1, 0.15) is 36.1 Å². The van der Waals surface area contributed by atoms with Crippen LogP contribution in [0.5, 0.6) is 0 Å². The Morgan fingerprint density at radius 3 is 3.09 bits per heavy atom. The van der Waals surface area contributed by atoms with E-state index in [2.05, 4.69) is 16.8 Å². The number of ether oxygens (including phenoxy) is 1. The molecule has 1 aliphatic rings. The van der Waals surface area contributed by atoms with Crippen molar-refractivity contribution in [3.05, 3.63) is 35.9 Å². The van der Waals surface area contributed by atoms with E-state index in [0.717, 1.165) is 30.9 Å². The van der Waals surface area contributed by atoms with Crippen LogP contribution in [0.4, 0.5) is 0 Å². The predicted molar refractivity (Wildman–Crippen MR) is 85.1 cm³/mol. The third-order valence-corrected chi connectivity index (χ3v) is 4.54. The summed E-state index contributed by atoms with van der Waals surface area (Å²) in [5, 5.41) is 0. The molecule has 0 aromatic carbocycles. The van der Waals surface area contributed by atoms with E-state index in [9.17, 15) is 4.79 Å². The first-order valence-corrected chi connectivity index (χ1v) is 7.99. The van der Waals surface area contributed by atoms with E-state index in [1.807, 2.05) is 22.7 Å². The number of piperidine rings is 1. The topological polar surface area (TPSA) is 46.8 Å². The average Bonchev–Trinajstić information content (AvgIpc) is 2.97. The fourth-order valence-corrected chi connectivity index (χ4v) is 3.38. The van der Waals surface area contributed by atoms with Gasteiger partial charge in [0.05, 0.1) is 18.8 Å². The van der Waals surface area contributed by atoms with Gasteiger partial charge >= 0.3 is 5.97 Å². The fourth-order valence-electron chi connectivity index (χ4n) is 3.38. The highest BCUT2D eigenvalue weighted by molar-refractivity contribution is 5.88. The second-order valence-electron chi connectivity index (χ2n) is 5.94.